The van der Waals surface area contributed by atoms with Crippen molar-refractivity contribution in [3.05, 3.63) is 30.3 Å². The molecule has 126 valence electrons. The Balaban J connectivity index is 1.75. The fraction of sp³-hybridized carbons (Fsp3) is 0.714. The maximum absolute atomic E-state index is 3.48. The Labute approximate surface area is 138 Å². The van der Waals surface area contributed by atoms with Crippen LogP contribution in [0, 0.1) is 5.92 Å². The number of benzene rings is 1. The van der Waals surface area contributed by atoms with Crippen molar-refractivity contribution in [2.45, 2.75) is 84.5 Å². The first-order valence-corrected chi connectivity index (χ1v) is 9.58. The van der Waals surface area contributed by atoms with Crippen molar-refractivity contribution in [3.8, 4) is 0 Å². The minimum atomic E-state index is 0.886. The highest BCUT2D eigenvalue weighted by molar-refractivity contribution is 5.42. The maximum atomic E-state index is 3.48. The third kappa shape index (κ3) is 11.7. The molecule has 0 aliphatic rings. The summed E-state index contributed by atoms with van der Waals surface area (Å²) < 4.78 is 0. The fourth-order valence-electron chi connectivity index (χ4n) is 2.88. The smallest absolute Gasteiger partial charge is 0.0340 e. The van der Waals surface area contributed by atoms with Crippen molar-refractivity contribution in [2.24, 2.45) is 5.92 Å². The minimum Gasteiger partial charge on any atom is -0.385 e. The van der Waals surface area contributed by atoms with Crippen molar-refractivity contribution in [1.29, 1.82) is 0 Å². The van der Waals surface area contributed by atoms with Crippen LogP contribution >= 0.6 is 0 Å². The predicted molar refractivity (Wildman–Crippen MR) is 101 cm³/mol. The lowest BCUT2D eigenvalue weighted by atomic mass is 10.0. The molecule has 1 N–H and O–H groups in total. The third-order valence-corrected chi connectivity index (χ3v) is 4.31. The molecule has 0 fully saturated rings. The van der Waals surface area contributed by atoms with Crippen molar-refractivity contribution < 1.29 is 0 Å². The number of hydrogen-bond acceptors (Lipinski definition) is 1. The highest BCUT2D eigenvalue weighted by Gasteiger charge is 1.96. The Morgan fingerprint density at radius 3 is 1.73 bits per heavy atom. The van der Waals surface area contributed by atoms with Gasteiger partial charge in [0.25, 0.3) is 0 Å². The minimum absolute atomic E-state index is 0.886. The molecule has 22 heavy (non-hydrogen) atoms. The molecule has 1 heteroatoms. The molecule has 0 aromatic heterocycles. The molecular formula is C21H37N. The SMILES string of the molecule is CC(C)CCCCCCCCCCCCNc1ccccc1. The van der Waals surface area contributed by atoms with Crippen LogP contribution in [0.2, 0.25) is 0 Å². The number of rotatable bonds is 14. The Bertz CT molecular complexity index is 331. The molecule has 0 unspecified atom stereocenters. The average molecular weight is 304 g/mol. The largest absolute Gasteiger partial charge is 0.385 e. The van der Waals surface area contributed by atoms with E-state index in [1.54, 1.807) is 0 Å². The predicted octanol–water partition coefficient (Wildman–Crippen LogP) is 7.05. The van der Waals surface area contributed by atoms with Crippen LogP contribution in [0.25, 0.3) is 0 Å². The van der Waals surface area contributed by atoms with Gasteiger partial charge in [-0.05, 0) is 24.5 Å². The highest BCUT2D eigenvalue weighted by atomic mass is 14.9. The van der Waals surface area contributed by atoms with E-state index < -0.39 is 0 Å². The first-order valence-electron chi connectivity index (χ1n) is 9.58. The van der Waals surface area contributed by atoms with Crippen molar-refractivity contribution in [3.63, 3.8) is 0 Å². The van der Waals surface area contributed by atoms with E-state index in [-0.39, 0.29) is 0 Å². The topological polar surface area (TPSA) is 12.0 Å². The van der Waals surface area contributed by atoms with Gasteiger partial charge >= 0.3 is 0 Å². The quantitative estimate of drug-likeness (QED) is 0.363. The zero-order valence-electron chi connectivity index (χ0n) is 14.9. The van der Waals surface area contributed by atoms with Gasteiger partial charge in [0, 0.05) is 12.2 Å². The molecule has 0 bridgehead atoms. The van der Waals surface area contributed by atoms with Crippen molar-refractivity contribution >= 4 is 5.69 Å². The Hall–Kier alpha value is -0.980. The van der Waals surface area contributed by atoms with Crippen LogP contribution in [0.5, 0.6) is 0 Å². The zero-order chi connectivity index (χ0) is 15.9. The van der Waals surface area contributed by atoms with Crippen molar-refractivity contribution in [2.75, 3.05) is 11.9 Å². The summed E-state index contributed by atoms with van der Waals surface area (Å²) in [5.74, 6) is 0.886. The fourth-order valence-corrected chi connectivity index (χ4v) is 2.88. The van der Waals surface area contributed by atoms with Gasteiger partial charge in [-0.3, -0.25) is 0 Å². The van der Waals surface area contributed by atoms with Crippen LogP contribution in [0.3, 0.4) is 0 Å². The van der Waals surface area contributed by atoms with Gasteiger partial charge in [-0.2, -0.15) is 0 Å². The highest BCUT2D eigenvalue weighted by Crippen LogP contribution is 2.13. The van der Waals surface area contributed by atoms with E-state index in [2.05, 4.69) is 49.5 Å². The summed E-state index contributed by atoms with van der Waals surface area (Å²) in [6.07, 6.45) is 15.6. The zero-order valence-corrected chi connectivity index (χ0v) is 14.9. The maximum Gasteiger partial charge on any atom is 0.0340 e. The van der Waals surface area contributed by atoms with Gasteiger partial charge in [0.2, 0.25) is 0 Å². The molecule has 0 radical (unpaired) electrons. The number of nitrogens with one attached hydrogen (secondary N) is 1. The summed E-state index contributed by atoms with van der Waals surface area (Å²) in [6, 6.07) is 10.5. The second kappa shape index (κ2) is 13.7. The lowest BCUT2D eigenvalue weighted by Crippen LogP contribution is -2.00. The Morgan fingerprint density at radius 2 is 1.18 bits per heavy atom. The van der Waals surface area contributed by atoms with Gasteiger partial charge in [0.1, 0.15) is 0 Å². The van der Waals surface area contributed by atoms with Gasteiger partial charge in [0.15, 0.2) is 0 Å². The molecule has 0 spiro atoms. The summed E-state index contributed by atoms with van der Waals surface area (Å²) in [4.78, 5) is 0. The molecule has 0 saturated heterocycles. The van der Waals surface area contributed by atoms with Gasteiger partial charge in [-0.15, -0.1) is 0 Å². The first-order chi connectivity index (χ1) is 10.8. The number of hydrogen-bond donors (Lipinski definition) is 1. The summed E-state index contributed by atoms with van der Waals surface area (Å²) in [5, 5.41) is 3.48. The lowest BCUT2D eigenvalue weighted by molar-refractivity contribution is 0.505. The van der Waals surface area contributed by atoms with Crippen LogP contribution in [0.4, 0.5) is 5.69 Å². The molecule has 0 heterocycles. The Kier molecular flexibility index (Phi) is 11.8. The number of anilines is 1. The molecule has 0 atom stereocenters. The summed E-state index contributed by atoms with van der Waals surface area (Å²) in [5.41, 5.74) is 1.25. The van der Waals surface area contributed by atoms with E-state index in [0.29, 0.717) is 0 Å². The lowest BCUT2D eigenvalue weighted by Gasteiger charge is -2.06. The van der Waals surface area contributed by atoms with Gasteiger partial charge < -0.3 is 5.32 Å². The van der Waals surface area contributed by atoms with Gasteiger partial charge in [-0.25, -0.2) is 0 Å². The van der Waals surface area contributed by atoms with E-state index in [4.69, 9.17) is 0 Å². The van der Waals surface area contributed by atoms with E-state index in [0.717, 1.165) is 12.5 Å². The van der Waals surface area contributed by atoms with Crippen LogP contribution in [-0.2, 0) is 0 Å². The molecule has 1 aromatic rings. The van der Waals surface area contributed by atoms with Crippen molar-refractivity contribution in [1.82, 2.24) is 0 Å². The molecule has 1 nitrogen and oxygen atoms in total. The van der Waals surface area contributed by atoms with E-state index in [1.165, 1.54) is 76.3 Å². The van der Waals surface area contributed by atoms with Crippen LogP contribution in [0.1, 0.15) is 84.5 Å². The van der Waals surface area contributed by atoms with Gasteiger partial charge in [0.05, 0.1) is 0 Å². The third-order valence-electron chi connectivity index (χ3n) is 4.31. The molecule has 0 amide bonds. The Morgan fingerprint density at radius 1 is 0.682 bits per heavy atom. The monoisotopic (exact) mass is 303 g/mol. The summed E-state index contributed by atoms with van der Waals surface area (Å²) in [7, 11) is 0. The van der Waals surface area contributed by atoms with Crippen LogP contribution < -0.4 is 5.32 Å². The molecule has 0 aliphatic heterocycles. The first kappa shape index (κ1) is 19.1. The second-order valence-electron chi connectivity index (χ2n) is 7.01. The number of para-hydroxylation sites is 1. The van der Waals surface area contributed by atoms with Crippen LogP contribution in [0.15, 0.2) is 30.3 Å². The summed E-state index contributed by atoms with van der Waals surface area (Å²) in [6.45, 7) is 5.77. The average Bonchev–Trinajstić information content (AvgIpc) is 2.52. The molecule has 1 rings (SSSR count). The standard InChI is InChI=1S/C21H37N/c1-20(2)16-12-9-7-5-3-4-6-8-10-15-19-22-21-17-13-11-14-18-21/h11,13-14,17-18,20,22H,3-10,12,15-16,19H2,1-2H3. The van der Waals surface area contributed by atoms with E-state index in [9.17, 15) is 0 Å². The molecule has 1 aromatic carbocycles. The van der Waals surface area contributed by atoms with E-state index in [1.807, 2.05) is 0 Å². The molecular weight excluding hydrogens is 266 g/mol. The molecule has 0 aliphatic carbocycles. The second-order valence-corrected chi connectivity index (χ2v) is 7.01. The number of unbranched alkanes of at least 4 members (excludes halogenated alkanes) is 9. The van der Waals surface area contributed by atoms with Crippen LogP contribution in [-0.4, -0.2) is 6.54 Å². The molecule has 0 saturated carbocycles. The normalized spacial score (nSPS) is 11.0. The van der Waals surface area contributed by atoms with Gasteiger partial charge in [-0.1, -0.05) is 96.3 Å². The summed E-state index contributed by atoms with van der Waals surface area (Å²) >= 11 is 0. The van der Waals surface area contributed by atoms with E-state index >= 15 is 0 Å².